The Balaban J connectivity index is 1.96. The average molecular weight is 278 g/mol. The van der Waals surface area contributed by atoms with Crippen LogP contribution in [0.25, 0.3) is 0 Å². The van der Waals surface area contributed by atoms with Crippen LogP contribution in [0.15, 0.2) is 60.7 Å². The van der Waals surface area contributed by atoms with Gasteiger partial charge in [-0.3, -0.25) is 4.18 Å². The van der Waals surface area contributed by atoms with E-state index in [1.165, 1.54) is 0 Å². The molecule has 0 fully saturated rings. The predicted octanol–water partition coefficient (Wildman–Crippen LogP) is 3.06. The molecule has 0 spiro atoms. The zero-order valence-corrected chi connectivity index (χ0v) is 11.5. The summed E-state index contributed by atoms with van der Waals surface area (Å²) in [5.41, 5.74) is 1.91. The van der Waals surface area contributed by atoms with Gasteiger partial charge >= 0.3 is 0 Å². The average Bonchev–Trinajstić information content (AvgIpc) is 2.38. The van der Waals surface area contributed by atoms with Crippen molar-refractivity contribution in [2.75, 3.05) is 0 Å². The predicted molar refractivity (Wildman–Crippen MR) is 76.9 cm³/mol. The molecule has 0 aromatic heterocycles. The second kappa shape index (κ2) is 6.09. The van der Waals surface area contributed by atoms with Gasteiger partial charge < -0.3 is 0 Å². The molecule has 1 unspecified atom stereocenters. The molecule has 94 valence electrons. The summed E-state index contributed by atoms with van der Waals surface area (Å²) in [6.45, 7) is 0.288. The molecular formula is C14H14O2S2. The van der Waals surface area contributed by atoms with Crippen molar-refractivity contribution >= 4 is 20.0 Å². The Labute approximate surface area is 112 Å². The van der Waals surface area contributed by atoms with Crippen LogP contribution in [0, 0.1) is 0 Å². The van der Waals surface area contributed by atoms with Gasteiger partial charge in [-0.1, -0.05) is 60.7 Å². The summed E-state index contributed by atoms with van der Waals surface area (Å²) < 4.78 is 17.5. The van der Waals surface area contributed by atoms with Gasteiger partial charge in [0.05, 0.1) is 12.4 Å². The number of benzene rings is 2. The molecular weight excluding hydrogens is 264 g/mol. The van der Waals surface area contributed by atoms with Crippen LogP contribution in [0.2, 0.25) is 0 Å². The first kappa shape index (κ1) is 13.2. The molecule has 4 heteroatoms. The van der Waals surface area contributed by atoms with Gasteiger partial charge in [0.25, 0.3) is 0 Å². The van der Waals surface area contributed by atoms with Crippen LogP contribution in [0.1, 0.15) is 11.1 Å². The van der Waals surface area contributed by atoms with E-state index >= 15 is 0 Å². The molecule has 0 aliphatic heterocycles. The highest BCUT2D eigenvalue weighted by Gasteiger charge is 2.08. The van der Waals surface area contributed by atoms with Crippen LogP contribution in [0.3, 0.4) is 0 Å². The highest BCUT2D eigenvalue weighted by atomic mass is 32.8. The third kappa shape index (κ3) is 4.22. The molecule has 0 N–H and O–H groups in total. The van der Waals surface area contributed by atoms with Crippen LogP contribution in [0.4, 0.5) is 0 Å². The molecule has 2 rings (SSSR count). The molecule has 0 saturated heterocycles. The van der Waals surface area contributed by atoms with Crippen molar-refractivity contribution in [3.8, 4) is 0 Å². The molecule has 0 aliphatic carbocycles. The van der Waals surface area contributed by atoms with Crippen LogP contribution in [-0.2, 0) is 36.5 Å². The highest BCUT2D eigenvalue weighted by molar-refractivity contribution is 8.29. The van der Waals surface area contributed by atoms with E-state index in [4.69, 9.17) is 15.4 Å². The lowest BCUT2D eigenvalue weighted by Gasteiger charge is -2.08. The van der Waals surface area contributed by atoms with Crippen molar-refractivity contribution in [3.05, 3.63) is 71.8 Å². The van der Waals surface area contributed by atoms with E-state index in [0.717, 1.165) is 11.1 Å². The maximum absolute atomic E-state index is 12.1. The number of rotatable bonds is 5. The van der Waals surface area contributed by atoms with E-state index in [1.807, 2.05) is 60.7 Å². The Morgan fingerprint density at radius 3 is 1.94 bits per heavy atom. The van der Waals surface area contributed by atoms with Gasteiger partial charge in [-0.25, -0.2) is 4.21 Å². The highest BCUT2D eigenvalue weighted by Crippen LogP contribution is 2.10. The van der Waals surface area contributed by atoms with Crippen molar-refractivity contribution in [1.82, 2.24) is 0 Å². The molecule has 0 aliphatic rings. The summed E-state index contributed by atoms with van der Waals surface area (Å²) in [6.07, 6.45) is 0. The van der Waals surface area contributed by atoms with Gasteiger partial charge in [-0.05, 0) is 11.1 Å². The van der Waals surface area contributed by atoms with Gasteiger partial charge in [-0.2, -0.15) is 0 Å². The van der Waals surface area contributed by atoms with Crippen LogP contribution in [-0.4, -0.2) is 4.21 Å². The van der Waals surface area contributed by atoms with E-state index in [2.05, 4.69) is 0 Å². The summed E-state index contributed by atoms with van der Waals surface area (Å²) in [7, 11) is -2.70. The normalized spacial score (nSPS) is 14.0. The van der Waals surface area contributed by atoms with Gasteiger partial charge in [0, 0.05) is 11.2 Å². The standard InChI is InChI=1S/C14H14O2S2/c15-18(17,12-14-9-5-2-6-10-14)16-11-13-7-3-1-4-8-13/h1-10H,11-12H2. The fourth-order valence-corrected chi connectivity index (χ4v) is 3.10. The molecule has 0 heterocycles. The van der Waals surface area contributed by atoms with Crippen LogP contribution in [0.5, 0.6) is 0 Å². The minimum absolute atomic E-state index is 0.274. The maximum atomic E-state index is 12.1. The van der Waals surface area contributed by atoms with Crippen LogP contribution >= 0.6 is 0 Å². The van der Waals surface area contributed by atoms with Crippen molar-refractivity contribution in [1.29, 1.82) is 0 Å². The van der Waals surface area contributed by atoms with E-state index in [-0.39, 0.29) is 12.4 Å². The Morgan fingerprint density at radius 1 is 0.889 bits per heavy atom. The fraction of sp³-hybridized carbons (Fsp3) is 0.143. The van der Waals surface area contributed by atoms with Gasteiger partial charge in [0.2, 0.25) is 0 Å². The van der Waals surface area contributed by atoms with Gasteiger partial charge in [0.15, 0.2) is 0 Å². The van der Waals surface area contributed by atoms with E-state index in [1.54, 1.807) is 0 Å². The molecule has 0 radical (unpaired) electrons. The van der Waals surface area contributed by atoms with E-state index in [0.29, 0.717) is 0 Å². The zero-order valence-electron chi connectivity index (χ0n) is 9.82. The Bertz CT molecular complexity index is 578. The molecule has 1 atom stereocenters. The molecule has 2 aromatic carbocycles. The number of hydrogen-bond donors (Lipinski definition) is 0. The Hall–Kier alpha value is -1.23. The minimum Gasteiger partial charge on any atom is -0.285 e. The largest absolute Gasteiger partial charge is 0.285 e. The summed E-state index contributed by atoms with van der Waals surface area (Å²) in [5, 5.41) is 0. The van der Waals surface area contributed by atoms with Crippen LogP contribution < -0.4 is 0 Å². The molecule has 2 aromatic rings. The Morgan fingerprint density at radius 2 is 1.39 bits per heavy atom. The minimum atomic E-state index is -2.70. The summed E-state index contributed by atoms with van der Waals surface area (Å²) in [5.74, 6) is 0.274. The first-order chi connectivity index (χ1) is 8.66. The summed E-state index contributed by atoms with van der Waals surface area (Å²) >= 11 is 5.03. The fourth-order valence-electron chi connectivity index (χ4n) is 1.55. The van der Waals surface area contributed by atoms with Crippen molar-refractivity contribution < 1.29 is 8.39 Å². The summed E-state index contributed by atoms with van der Waals surface area (Å²) in [6, 6.07) is 19.1. The molecule has 0 amide bonds. The maximum Gasteiger partial charge on any atom is 0.148 e. The molecule has 18 heavy (non-hydrogen) atoms. The van der Waals surface area contributed by atoms with E-state index in [9.17, 15) is 4.21 Å². The third-order valence-electron chi connectivity index (χ3n) is 2.43. The first-order valence-corrected chi connectivity index (χ1v) is 8.18. The number of hydrogen-bond acceptors (Lipinski definition) is 3. The van der Waals surface area contributed by atoms with Crippen molar-refractivity contribution in [2.24, 2.45) is 0 Å². The second-order valence-corrected chi connectivity index (χ2v) is 7.10. The SMILES string of the molecule is O=S(=S)(Cc1ccccc1)OCc1ccccc1. The lowest BCUT2D eigenvalue weighted by Crippen LogP contribution is -2.07. The monoisotopic (exact) mass is 278 g/mol. The third-order valence-corrected chi connectivity index (χ3v) is 4.24. The van der Waals surface area contributed by atoms with Crippen molar-refractivity contribution in [2.45, 2.75) is 12.4 Å². The lowest BCUT2D eigenvalue weighted by molar-refractivity contribution is 0.335. The second-order valence-electron chi connectivity index (χ2n) is 3.94. The lowest BCUT2D eigenvalue weighted by atomic mass is 10.2. The summed E-state index contributed by atoms with van der Waals surface area (Å²) in [4.78, 5) is 0. The van der Waals surface area contributed by atoms with Crippen molar-refractivity contribution in [3.63, 3.8) is 0 Å². The first-order valence-electron chi connectivity index (χ1n) is 5.61. The molecule has 0 saturated carbocycles. The molecule has 2 nitrogen and oxygen atoms in total. The van der Waals surface area contributed by atoms with E-state index < -0.39 is 8.77 Å². The zero-order chi connectivity index (χ0) is 12.8. The Kier molecular flexibility index (Phi) is 4.47. The smallest absolute Gasteiger partial charge is 0.148 e. The van der Waals surface area contributed by atoms with Gasteiger partial charge in [0.1, 0.15) is 8.77 Å². The molecule has 0 bridgehead atoms. The van der Waals surface area contributed by atoms with Gasteiger partial charge in [-0.15, -0.1) is 0 Å². The quantitative estimate of drug-likeness (QED) is 0.841. The topological polar surface area (TPSA) is 26.3 Å².